The number of rotatable bonds is 4. The molecule has 2 aromatic heterocycles. The van der Waals surface area contributed by atoms with Gasteiger partial charge >= 0.3 is 0 Å². The second kappa shape index (κ2) is 7.95. The third kappa shape index (κ3) is 4.03. The molecule has 1 aliphatic rings. The van der Waals surface area contributed by atoms with Crippen molar-refractivity contribution >= 4 is 17.0 Å². The van der Waals surface area contributed by atoms with E-state index in [0.717, 1.165) is 49.4 Å². The van der Waals surface area contributed by atoms with Crippen LogP contribution in [0.2, 0.25) is 0 Å². The minimum absolute atomic E-state index is 0.0289. The van der Waals surface area contributed by atoms with E-state index in [1.54, 1.807) is 0 Å². The number of carbonyl (C=O) groups excluding carboxylic acids is 1. The molecule has 0 bridgehead atoms. The number of hydrogen-bond donors (Lipinski definition) is 0. The smallest absolute Gasteiger partial charge is 0.259 e. The molecule has 3 heterocycles. The normalized spacial score (nSPS) is 15.4. The van der Waals surface area contributed by atoms with Gasteiger partial charge in [-0.05, 0) is 25.8 Å². The summed E-state index contributed by atoms with van der Waals surface area (Å²) >= 11 is 0. The molecule has 1 fully saturated rings. The summed E-state index contributed by atoms with van der Waals surface area (Å²) in [7, 11) is 0. The number of nitrogens with zero attached hydrogens (tertiary/aromatic N) is 4. The van der Waals surface area contributed by atoms with Crippen molar-refractivity contribution in [2.75, 3.05) is 32.7 Å². The summed E-state index contributed by atoms with van der Waals surface area (Å²) < 4.78 is 5.43. The summed E-state index contributed by atoms with van der Waals surface area (Å²) in [6.07, 6.45) is 0. The van der Waals surface area contributed by atoms with E-state index < -0.39 is 0 Å². The van der Waals surface area contributed by atoms with Crippen LogP contribution in [0.4, 0.5) is 0 Å². The van der Waals surface area contributed by atoms with Gasteiger partial charge in [-0.15, -0.1) is 0 Å². The van der Waals surface area contributed by atoms with Crippen LogP contribution < -0.4 is 0 Å². The predicted molar refractivity (Wildman–Crippen MR) is 114 cm³/mol. The lowest BCUT2D eigenvalue weighted by Gasteiger charge is -2.35. The molecule has 6 nitrogen and oxygen atoms in total. The summed E-state index contributed by atoms with van der Waals surface area (Å²) in [6.45, 7) is 12.7. The fraction of sp³-hybridized carbons (Fsp3) is 0.435. The number of amides is 1. The highest BCUT2D eigenvalue weighted by Crippen LogP contribution is 2.28. The van der Waals surface area contributed by atoms with Crippen molar-refractivity contribution in [1.29, 1.82) is 0 Å². The van der Waals surface area contributed by atoms with Gasteiger partial charge in [-0.25, -0.2) is 4.98 Å². The van der Waals surface area contributed by atoms with Crippen molar-refractivity contribution in [3.63, 3.8) is 0 Å². The minimum Gasteiger partial charge on any atom is -0.336 e. The molecule has 1 amide bonds. The number of benzene rings is 1. The van der Waals surface area contributed by atoms with Gasteiger partial charge in [0.2, 0.25) is 0 Å². The summed E-state index contributed by atoms with van der Waals surface area (Å²) in [5, 5.41) is 4.78. The Bertz CT molecular complexity index is 1020. The van der Waals surface area contributed by atoms with Gasteiger partial charge in [0.1, 0.15) is 0 Å². The highest BCUT2D eigenvalue weighted by Gasteiger charge is 2.26. The summed E-state index contributed by atoms with van der Waals surface area (Å²) in [5.41, 5.74) is 4.62. The van der Waals surface area contributed by atoms with Gasteiger partial charge in [0.05, 0.1) is 22.3 Å². The Morgan fingerprint density at radius 2 is 1.79 bits per heavy atom. The van der Waals surface area contributed by atoms with Gasteiger partial charge in [0.15, 0.2) is 0 Å². The van der Waals surface area contributed by atoms with Gasteiger partial charge < -0.3 is 9.42 Å². The lowest BCUT2D eigenvalue weighted by Crippen LogP contribution is -2.49. The fourth-order valence-corrected chi connectivity index (χ4v) is 3.96. The molecule has 0 atom stereocenters. The third-order valence-corrected chi connectivity index (χ3v) is 5.48. The fourth-order valence-electron chi connectivity index (χ4n) is 3.96. The summed E-state index contributed by atoms with van der Waals surface area (Å²) in [5.74, 6) is 0.662. The van der Waals surface area contributed by atoms with E-state index in [1.807, 2.05) is 49.1 Å². The molecule has 0 saturated carbocycles. The minimum atomic E-state index is 0.0289. The predicted octanol–water partition coefficient (Wildman–Crippen LogP) is 3.92. The monoisotopic (exact) mass is 392 g/mol. The van der Waals surface area contributed by atoms with Crippen molar-refractivity contribution in [3.05, 3.63) is 47.2 Å². The average Bonchev–Trinajstić information content (AvgIpc) is 3.08. The van der Waals surface area contributed by atoms with Crippen LogP contribution in [0.15, 0.2) is 34.9 Å². The van der Waals surface area contributed by atoms with Crippen molar-refractivity contribution in [2.45, 2.75) is 27.7 Å². The van der Waals surface area contributed by atoms with Crippen molar-refractivity contribution in [2.24, 2.45) is 5.92 Å². The highest BCUT2D eigenvalue weighted by atomic mass is 16.5. The number of piperazine rings is 1. The Morgan fingerprint density at radius 3 is 2.45 bits per heavy atom. The Hall–Kier alpha value is -2.73. The van der Waals surface area contributed by atoms with E-state index >= 15 is 0 Å². The van der Waals surface area contributed by atoms with Gasteiger partial charge in [-0.2, -0.15) is 0 Å². The molecule has 1 aliphatic heterocycles. The molecule has 152 valence electrons. The topological polar surface area (TPSA) is 62.5 Å². The molecule has 0 radical (unpaired) electrons. The first-order valence-corrected chi connectivity index (χ1v) is 10.3. The SMILES string of the molecule is Cc1ccc(-c2cc(C(=O)N3CCN(CC(C)C)CC3)c3c(C)noc3n2)cc1. The molecular weight excluding hydrogens is 364 g/mol. The number of pyridine rings is 1. The zero-order chi connectivity index (χ0) is 20.5. The molecule has 1 saturated heterocycles. The lowest BCUT2D eigenvalue weighted by atomic mass is 10.0. The zero-order valence-electron chi connectivity index (χ0n) is 17.6. The maximum Gasteiger partial charge on any atom is 0.259 e. The van der Waals surface area contributed by atoms with Crippen LogP contribution in [0, 0.1) is 19.8 Å². The number of aryl methyl sites for hydroxylation is 2. The second-order valence-electron chi connectivity index (χ2n) is 8.36. The average molecular weight is 393 g/mol. The first-order valence-electron chi connectivity index (χ1n) is 10.3. The molecule has 0 spiro atoms. The molecule has 29 heavy (non-hydrogen) atoms. The molecule has 0 N–H and O–H groups in total. The van der Waals surface area contributed by atoms with Crippen molar-refractivity contribution in [1.82, 2.24) is 19.9 Å². The molecule has 0 unspecified atom stereocenters. The Morgan fingerprint density at radius 1 is 1.10 bits per heavy atom. The molecule has 3 aromatic rings. The largest absolute Gasteiger partial charge is 0.336 e. The zero-order valence-corrected chi connectivity index (χ0v) is 17.6. The summed E-state index contributed by atoms with van der Waals surface area (Å²) in [4.78, 5) is 22.4. The van der Waals surface area contributed by atoms with Crippen molar-refractivity contribution < 1.29 is 9.32 Å². The Balaban J connectivity index is 1.66. The van der Waals surface area contributed by atoms with E-state index in [-0.39, 0.29) is 5.91 Å². The van der Waals surface area contributed by atoms with Crippen LogP contribution in [-0.4, -0.2) is 58.6 Å². The van der Waals surface area contributed by atoms with E-state index in [9.17, 15) is 4.79 Å². The Labute approximate surface area is 171 Å². The van der Waals surface area contributed by atoms with Gasteiger partial charge in [-0.3, -0.25) is 9.69 Å². The molecule has 6 heteroatoms. The first-order chi connectivity index (χ1) is 13.9. The second-order valence-corrected chi connectivity index (χ2v) is 8.36. The van der Waals surface area contributed by atoms with Crippen LogP contribution in [0.1, 0.15) is 35.5 Å². The number of aromatic nitrogens is 2. The van der Waals surface area contributed by atoms with E-state index in [2.05, 4.69) is 28.9 Å². The van der Waals surface area contributed by atoms with Crippen LogP contribution in [0.5, 0.6) is 0 Å². The number of carbonyl (C=O) groups is 1. The van der Waals surface area contributed by atoms with Crippen LogP contribution in [-0.2, 0) is 0 Å². The van der Waals surface area contributed by atoms with E-state index in [0.29, 0.717) is 22.9 Å². The molecule has 1 aromatic carbocycles. The molecule has 4 rings (SSSR count). The van der Waals surface area contributed by atoms with Crippen LogP contribution in [0.25, 0.3) is 22.4 Å². The molecular formula is C23H28N4O2. The van der Waals surface area contributed by atoms with Gasteiger partial charge in [-0.1, -0.05) is 48.8 Å². The van der Waals surface area contributed by atoms with E-state index in [4.69, 9.17) is 4.52 Å². The quantitative estimate of drug-likeness (QED) is 0.673. The first kappa shape index (κ1) is 19.6. The number of fused-ring (bicyclic) bond motifs is 1. The van der Waals surface area contributed by atoms with Crippen LogP contribution >= 0.6 is 0 Å². The van der Waals surface area contributed by atoms with Crippen molar-refractivity contribution in [3.8, 4) is 11.3 Å². The summed E-state index contributed by atoms with van der Waals surface area (Å²) in [6, 6.07) is 10.0. The van der Waals surface area contributed by atoms with Crippen LogP contribution in [0.3, 0.4) is 0 Å². The standard InChI is InChI=1S/C23H28N4O2/c1-15(2)14-26-9-11-27(12-10-26)23(28)19-13-20(18-7-5-16(3)6-8-18)24-22-21(19)17(4)25-29-22/h5-8,13,15H,9-12,14H2,1-4H3. The highest BCUT2D eigenvalue weighted by molar-refractivity contribution is 6.07. The molecule has 0 aliphatic carbocycles. The van der Waals surface area contributed by atoms with E-state index in [1.165, 1.54) is 5.56 Å². The van der Waals surface area contributed by atoms with Gasteiger partial charge in [0.25, 0.3) is 11.6 Å². The third-order valence-electron chi connectivity index (χ3n) is 5.48. The Kier molecular flexibility index (Phi) is 5.37. The maximum absolute atomic E-state index is 13.4. The lowest BCUT2D eigenvalue weighted by molar-refractivity contribution is 0.0625. The van der Waals surface area contributed by atoms with Gasteiger partial charge in [0, 0.05) is 38.3 Å². The number of hydrogen-bond acceptors (Lipinski definition) is 5. The maximum atomic E-state index is 13.4.